The normalized spacial score (nSPS) is 27.4. The third-order valence-corrected chi connectivity index (χ3v) is 5.43. The molecule has 21 heavy (non-hydrogen) atoms. The van der Waals surface area contributed by atoms with Crippen molar-refractivity contribution in [2.24, 2.45) is 17.8 Å². The minimum atomic E-state index is 0.422. The zero-order valence-electron chi connectivity index (χ0n) is 13.8. The molecule has 0 aliphatic heterocycles. The largest absolute Gasteiger partial charge is 0.373 e. The maximum Gasteiger partial charge on any atom is 0.137 e. The molecule has 4 heteroatoms. The number of hydrogen-bond donors (Lipinski definition) is 1. The van der Waals surface area contributed by atoms with E-state index in [0.717, 1.165) is 35.9 Å². The molecule has 1 N–H and O–H groups in total. The van der Waals surface area contributed by atoms with Gasteiger partial charge in [0.05, 0.1) is 0 Å². The van der Waals surface area contributed by atoms with Crippen LogP contribution in [-0.2, 0) is 0 Å². The SMILES string of the molecule is CNc1ncnc(N(C)CC2CC3CCC2C3)c1C(C)C. The lowest BCUT2D eigenvalue weighted by Crippen LogP contribution is -2.30. The van der Waals surface area contributed by atoms with Crippen molar-refractivity contribution < 1.29 is 0 Å². The molecule has 4 nitrogen and oxygen atoms in total. The molecule has 0 saturated heterocycles. The van der Waals surface area contributed by atoms with E-state index in [1.807, 2.05) is 7.05 Å². The van der Waals surface area contributed by atoms with Gasteiger partial charge in [-0.2, -0.15) is 0 Å². The van der Waals surface area contributed by atoms with Gasteiger partial charge in [0.25, 0.3) is 0 Å². The molecule has 3 unspecified atom stereocenters. The second kappa shape index (κ2) is 5.82. The van der Waals surface area contributed by atoms with E-state index in [2.05, 4.69) is 41.1 Å². The highest BCUT2D eigenvalue weighted by Crippen LogP contribution is 2.48. The summed E-state index contributed by atoms with van der Waals surface area (Å²) in [6.45, 7) is 5.57. The van der Waals surface area contributed by atoms with Crippen molar-refractivity contribution in [1.82, 2.24) is 9.97 Å². The number of anilines is 2. The van der Waals surface area contributed by atoms with Gasteiger partial charge in [0.2, 0.25) is 0 Å². The Bertz CT molecular complexity index is 500. The summed E-state index contributed by atoms with van der Waals surface area (Å²) < 4.78 is 0. The lowest BCUT2D eigenvalue weighted by atomic mass is 9.88. The Hall–Kier alpha value is -1.32. The van der Waals surface area contributed by atoms with Gasteiger partial charge in [-0.1, -0.05) is 20.3 Å². The fraction of sp³-hybridized carbons (Fsp3) is 0.765. The third-order valence-electron chi connectivity index (χ3n) is 5.43. The van der Waals surface area contributed by atoms with Crippen LogP contribution in [0.1, 0.15) is 51.0 Å². The van der Waals surface area contributed by atoms with Gasteiger partial charge >= 0.3 is 0 Å². The van der Waals surface area contributed by atoms with Crippen molar-refractivity contribution in [2.75, 3.05) is 30.9 Å². The molecule has 2 aliphatic rings. The smallest absolute Gasteiger partial charge is 0.137 e. The van der Waals surface area contributed by atoms with Crippen LogP contribution in [-0.4, -0.2) is 30.6 Å². The molecule has 1 aromatic rings. The monoisotopic (exact) mass is 288 g/mol. The second-order valence-electron chi connectivity index (χ2n) is 7.18. The van der Waals surface area contributed by atoms with E-state index in [1.165, 1.54) is 31.2 Å². The van der Waals surface area contributed by atoms with Gasteiger partial charge in [0.1, 0.15) is 18.0 Å². The fourth-order valence-electron chi connectivity index (χ4n) is 4.46. The maximum atomic E-state index is 4.59. The molecule has 1 aromatic heterocycles. The van der Waals surface area contributed by atoms with Crippen LogP contribution in [0.4, 0.5) is 11.6 Å². The highest BCUT2D eigenvalue weighted by molar-refractivity contribution is 5.59. The van der Waals surface area contributed by atoms with Gasteiger partial charge in [0.15, 0.2) is 0 Å². The zero-order chi connectivity index (χ0) is 15.0. The summed E-state index contributed by atoms with van der Waals surface area (Å²) in [7, 11) is 4.13. The highest BCUT2D eigenvalue weighted by atomic mass is 15.2. The van der Waals surface area contributed by atoms with Crippen LogP contribution >= 0.6 is 0 Å². The highest BCUT2D eigenvalue weighted by Gasteiger charge is 2.40. The molecule has 3 atom stereocenters. The molecule has 2 aliphatic carbocycles. The van der Waals surface area contributed by atoms with E-state index in [4.69, 9.17) is 0 Å². The zero-order valence-corrected chi connectivity index (χ0v) is 13.8. The first-order valence-corrected chi connectivity index (χ1v) is 8.34. The van der Waals surface area contributed by atoms with Crippen LogP contribution in [0.25, 0.3) is 0 Å². The molecule has 0 radical (unpaired) electrons. The van der Waals surface area contributed by atoms with Gasteiger partial charge in [-0.05, 0) is 42.9 Å². The average Bonchev–Trinajstić information content (AvgIpc) is 3.08. The molecule has 1 heterocycles. The summed E-state index contributed by atoms with van der Waals surface area (Å²) in [5, 5.41) is 3.22. The number of nitrogens with one attached hydrogen (secondary N) is 1. The van der Waals surface area contributed by atoms with Crippen LogP contribution in [0, 0.1) is 17.8 Å². The van der Waals surface area contributed by atoms with E-state index in [9.17, 15) is 0 Å². The Labute approximate surface area is 128 Å². The van der Waals surface area contributed by atoms with Crippen LogP contribution in [0.3, 0.4) is 0 Å². The van der Waals surface area contributed by atoms with E-state index in [-0.39, 0.29) is 0 Å². The second-order valence-corrected chi connectivity index (χ2v) is 7.18. The molecule has 2 saturated carbocycles. The van der Waals surface area contributed by atoms with Crippen molar-refractivity contribution in [2.45, 2.75) is 45.4 Å². The molecule has 3 rings (SSSR count). The molecule has 2 fully saturated rings. The first-order chi connectivity index (χ1) is 10.1. The van der Waals surface area contributed by atoms with Crippen LogP contribution in [0.5, 0.6) is 0 Å². The minimum Gasteiger partial charge on any atom is -0.373 e. The van der Waals surface area contributed by atoms with Crippen molar-refractivity contribution >= 4 is 11.6 Å². The molecule has 2 bridgehead atoms. The van der Waals surface area contributed by atoms with Gasteiger partial charge < -0.3 is 10.2 Å². The lowest BCUT2D eigenvalue weighted by molar-refractivity contribution is 0.337. The predicted molar refractivity (Wildman–Crippen MR) is 87.9 cm³/mol. The number of hydrogen-bond acceptors (Lipinski definition) is 4. The van der Waals surface area contributed by atoms with Crippen LogP contribution in [0.15, 0.2) is 6.33 Å². The molecule has 0 aromatic carbocycles. The van der Waals surface area contributed by atoms with Crippen LogP contribution in [0.2, 0.25) is 0 Å². The summed E-state index contributed by atoms with van der Waals surface area (Å²) >= 11 is 0. The predicted octanol–water partition coefficient (Wildman–Crippen LogP) is 3.51. The van der Waals surface area contributed by atoms with E-state index >= 15 is 0 Å². The van der Waals surface area contributed by atoms with Crippen molar-refractivity contribution in [3.05, 3.63) is 11.9 Å². The van der Waals surface area contributed by atoms with Gasteiger partial charge in [-0.15, -0.1) is 0 Å². The summed E-state index contributed by atoms with van der Waals surface area (Å²) in [5.41, 5.74) is 1.24. The summed E-state index contributed by atoms with van der Waals surface area (Å²) in [5.74, 6) is 5.33. The van der Waals surface area contributed by atoms with E-state index in [1.54, 1.807) is 6.33 Å². The first-order valence-electron chi connectivity index (χ1n) is 8.34. The Morgan fingerprint density at radius 2 is 2.10 bits per heavy atom. The maximum absolute atomic E-state index is 4.59. The Morgan fingerprint density at radius 3 is 2.67 bits per heavy atom. The molecular weight excluding hydrogens is 260 g/mol. The first kappa shape index (κ1) is 14.6. The van der Waals surface area contributed by atoms with Gasteiger partial charge in [-0.25, -0.2) is 9.97 Å². The minimum absolute atomic E-state index is 0.422. The summed E-state index contributed by atoms with van der Waals surface area (Å²) in [6.07, 6.45) is 7.51. The Morgan fingerprint density at radius 1 is 1.29 bits per heavy atom. The number of fused-ring (bicyclic) bond motifs is 2. The molecule has 0 spiro atoms. The fourth-order valence-corrected chi connectivity index (χ4v) is 4.46. The Kier molecular flexibility index (Phi) is 4.05. The van der Waals surface area contributed by atoms with E-state index < -0.39 is 0 Å². The summed E-state index contributed by atoms with van der Waals surface area (Å²) in [4.78, 5) is 11.3. The van der Waals surface area contributed by atoms with Crippen molar-refractivity contribution in [1.29, 1.82) is 0 Å². The van der Waals surface area contributed by atoms with Crippen molar-refractivity contribution in [3.8, 4) is 0 Å². The molecular formula is C17H28N4. The number of nitrogens with zero attached hydrogens (tertiary/aromatic N) is 3. The van der Waals surface area contributed by atoms with Gasteiger partial charge in [-0.3, -0.25) is 0 Å². The number of rotatable bonds is 5. The van der Waals surface area contributed by atoms with E-state index in [0.29, 0.717) is 5.92 Å². The number of aromatic nitrogens is 2. The average molecular weight is 288 g/mol. The quantitative estimate of drug-likeness (QED) is 0.900. The van der Waals surface area contributed by atoms with Crippen molar-refractivity contribution in [3.63, 3.8) is 0 Å². The third kappa shape index (κ3) is 2.72. The topological polar surface area (TPSA) is 41.1 Å². The Balaban J connectivity index is 1.79. The van der Waals surface area contributed by atoms with Crippen LogP contribution < -0.4 is 10.2 Å². The standard InChI is InChI=1S/C17H28N4/c1-11(2)15-16(18-3)19-10-20-17(15)21(4)9-14-8-12-5-6-13(14)7-12/h10-14H,5-9H2,1-4H3,(H,18,19,20). The molecule has 116 valence electrons. The molecule has 0 amide bonds. The van der Waals surface area contributed by atoms with Gasteiger partial charge in [0, 0.05) is 26.2 Å². The summed E-state index contributed by atoms with van der Waals surface area (Å²) in [6, 6.07) is 0. The lowest BCUT2D eigenvalue weighted by Gasteiger charge is -2.30.